The molecule has 2 rings (SSSR count). The maximum absolute atomic E-state index is 13.1. The molecule has 0 aliphatic heterocycles. The average molecular weight is 301 g/mol. The largest absolute Gasteiger partial charge is 0.396 e. The molecule has 1 aromatic rings. The van der Waals surface area contributed by atoms with Crippen molar-refractivity contribution in [2.24, 2.45) is 5.92 Å². The van der Waals surface area contributed by atoms with Gasteiger partial charge in [-0.3, -0.25) is 0 Å². The van der Waals surface area contributed by atoms with E-state index in [9.17, 15) is 9.18 Å². The van der Waals surface area contributed by atoms with E-state index in [1.54, 1.807) is 0 Å². The molecule has 0 radical (unpaired) electrons. The quantitative estimate of drug-likeness (QED) is 0.803. The van der Waals surface area contributed by atoms with Crippen LogP contribution >= 0.6 is 11.6 Å². The Bertz CT molecular complexity index is 476. The van der Waals surface area contributed by atoms with E-state index in [0.717, 1.165) is 25.7 Å². The second-order valence-electron chi connectivity index (χ2n) is 5.12. The van der Waals surface area contributed by atoms with E-state index < -0.39 is 5.82 Å². The summed E-state index contributed by atoms with van der Waals surface area (Å²) in [5.74, 6) is -0.109. The second kappa shape index (κ2) is 6.90. The smallest absolute Gasteiger partial charge is 0.319 e. The Balaban J connectivity index is 1.85. The van der Waals surface area contributed by atoms with Crippen molar-refractivity contribution in [3.63, 3.8) is 0 Å². The van der Waals surface area contributed by atoms with Crippen LogP contribution in [-0.4, -0.2) is 23.8 Å². The summed E-state index contributed by atoms with van der Waals surface area (Å²) in [6, 6.07) is 3.53. The van der Waals surface area contributed by atoms with Gasteiger partial charge in [-0.15, -0.1) is 0 Å². The highest BCUT2D eigenvalue weighted by Gasteiger charge is 2.22. The second-order valence-corrected chi connectivity index (χ2v) is 5.53. The first kappa shape index (κ1) is 15.1. The van der Waals surface area contributed by atoms with Gasteiger partial charge in [0.15, 0.2) is 0 Å². The summed E-state index contributed by atoms with van der Waals surface area (Å²) < 4.78 is 13.1. The van der Waals surface area contributed by atoms with Crippen LogP contribution in [0.5, 0.6) is 0 Å². The van der Waals surface area contributed by atoms with E-state index in [1.165, 1.54) is 18.2 Å². The molecule has 20 heavy (non-hydrogen) atoms. The number of aliphatic hydroxyl groups is 1. The molecule has 1 aromatic carbocycles. The third-order valence-electron chi connectivity index (χ3n) is 3.62. The zero-order valence-corrected chi connectivity index (χ0v) is 11.8. The molecule has 0 spiro atoms. The SMILES string of the molecule is O=C(Nc1cc(F)ccc1Cl)NC1CCC(CO)CC1. The van der Waals surface area contributed by atoms with E-state index >= 15 is 0 Å². The minimum atomic E-state index is -0.451. The Labute approximate surface area is 122 Å². The summed E-state index contributed by atoms with van der Waals surface area (Å²) in [5, 5.41) is 14.8. The van der Waals surface area contributed by atoms with E-state index in [-0.39, 0.29) is 24.4 Å². The number of aliphatic hydroxyl groups excluding tert-OH is 1. The van der Waals surface area contributed by atoms with Crippen molar-refractivity contribution in [3.05, 3.63) is 29.0 Å². The topological polar surface area (TPSA) is 61.4 Å². The lowest BCUT2D eigenvalue weighted by Gasteiger charge is -2.28. The number of hydrogen-bond acceptors (Lipinski definition) is 2. The van der Waals surface area contributed by atoms with E-state index in [2.05, 4.69) is 10.6 Å². The number of rotatable bonds is 3. The summed E-state index contributed by atoms with van der Waals surface area (Å²) >= 11 is 5.88. The standard InChI is InChI=1S/C14H18ClFN2O2/c15-12-6-3-10(16)7-13(12)18-14(20)17-11-4-1-9(8-19)2-5-11/h3,6-7,9,11,19H,1-2,4-5,8H2,(H2,17,18,20). The van der Waals surface area contributed by atoms with Gasteiger partial charge in [0, 0.05) is 12.6 Å². The van der Waals surface area contributed by atoms with Gasteiger partial charge >= 0.3 is 6.03 Å². The van der Waals surface area contributed by atoms with E-state index in [1.807, 2.05) is 0 Å². The third kappa shape index (κ3) is 4.08. The van der Waals surface area contributed by atoms with Gasteiger partial charge in [0.2, 0.25) is 0 Å². The number of amides is 2. The Morgan fingerprint density at radius 3 is 2.70 bits per heavy atom. The van der Waals surface area contributed by atoms with Crippen LogP contribution in [0.15, 0.2) is 18.2 Å². The molecule has 2 amide bonds. The fourth-order valence-corrected chi connectivity index (χ4v) is 2.59. The zero-order valence-electron chi connectivity index (χ0n) is 11.0. The van der Waals surface area contributed by atoms with Crippen molar-refractivity contribution in [1.29, 1.82) is 0 Å². The number of anilines is 1. The molecule has 1 aliphatic rings. The number of nitrogens with one attached hydrogen (secondary N) is 2. The van der Waals surface area contributed by atoms with Gasteiger partial charge in [0.1, 0.15) is 5.82 Å². The van der Waals surface area contributed by atoms with E-state index in [0.29, 0.717) is 10.9 Å². The van der Waals surface area contributed by atoms with Crippen LogP contribution in [-0.2, 0) is 0 Å². The van der Waals surface area contributed by atoms with Crippen LogP contribution < -0.4 is 10.6 Å². The van der Waals surface area contributed by atoms with Gasteiger partial charge in [0.25, 0.3) is 0 Å². The van der Waals surface area contributed by atoms with Crippen LogP contribution in [0.2, 0.25) is 5.02 Å². The van der Waals surface area contributed by atoms with Crippen LogP contribution in [0.25, 0.3) is 0 Å². The van der Waals surface area contributed by atoms with Gasteiger partial charge in [0.05, 0.1) is 10.7 Å². The Morgan fingerprint density at radius 1 is 1.35 bits per heavy atom. The minimum Gasteiger partial charge on any atom is -0.396 e. The number of urea groups is 1. The number of hydrogen-bond donors (Lipinski definition) is 3. The van der Waals surface area contributed by atoms with Crippen LogP contribution in [0.1, 0.15) is 25.7 Å². The molecule has 1 fully saturated rings. The van der Waals surface area contributed by atoms with E-state index in [4.69, 9.17) is 16.7 Å². The predicted molar refractivity (Wildman–Crippen MR) is 76.4 cm³/mol. The van der Waals surface area contributed by atoms with Gasteiger partial charge in [-0.25, -0.2) is 9.18 Å². The first-order valence-corrected chi connectivity index (χ1v) is 7.09. The monoisotopic (exact) mass is 300 g/mol. The Hall–Kier alpha value is -1.33. The minimum absolute atomic E-state index is 0.0881. The van der Waals surface area contributed by atoms with Crippen molar-refractivity contribution in [2.75, 3.05) is 11.9 Å². The molecule has 1 saturated carbocycles. The maximum Gasteiger partial charge on any atom is 0.319 e. The fraction of sp³-hybridized carbons (Fsp3) is 0.500. The summed E-state index contributed by atoms with van der Waals surface area (Å²) in [7, 11) is 0. The van der Waals surface area contributed by atoms with Crippen molar-refractivity contribution in [3.8, 4) is 0 Å². The predicted octanol–water partition coefficient (Wildman–Crippen LogP) is 3.15. The van der Waals surface area contributed by atoms with Crippen molar-refractivity contribution in [2.45, 2.75) is 31.7 Å². The zero-order chi connectivity index (χ0) is 14.5. The van der Waals surface area contributed by atoms with Crippen molar-refractivity contribution >= 4 is 23.3 Å². The van der Waals surface area contributed by atoms with Crippen LogP contribution in [0.4, 0.5) is 14.9 Å². The highest BCUT2D eigenvalue weighted by Crippen LogP contribution is 2.25. The molecule has 1 aliphatic carbocycles. The molecule has 0 unspecified atom stereocenters. The molecule has 6 heteroatoms. The van der Waals surface area contributed by atoms with Gasteiger partial charge in [-0.2, -0.15) is 0 Å². The van der Waals surface area contributed by atoms with Crippen LogP contribution in [0, 0.1) is 11.7 Å². The summed E-state index contributed by atoms with van der Waals surface area (Å²) in [4.78, 5) is 11.8. The maximum atomic E-state index is 13.1. The Kier molecular flexibility index (Phi) is 5.20. The summed E-state index contributed by atoms with van der Waals surface area (Å²) in [5.41, 5.74) is 0.258. The first-order valence-electron chi connectivity index (χ1n) is 6.72. The molecule has 0 atom stereocenters. The highest BCUT2D eigenvalue weighted by atomic mass is 35.5. The lowest BCUT2D eigenvalue weighted by molar-refractivity contribution is 0.176. The van der Waals surface area contributed by atoms with Gasteiger partial charge < -0.3 is 15.7 Å². The number of halogens is 2. The van der Waals surface area contributed by atoms with Gasteiger partial charge in [-0.05, 0) is 49.8 Å². The summed E-state index contributed by atoms with van der Waals surface area (Å²) in [6.07, 6.45) is 3.50. The molecule has 4 nitrogen and oxygen atoms in total. The lowest BCUT2D eigenvalue weighted by Crippen LogP contribution is -2.40. The molecule has 0 saturated heterocycles. The molecule has 110 valence electrons. The lowest BCUT2D eigenvalue weighted by atomic mass is 9.87. The number of benzene rings is 1. The summed E-state index contributed by atoms with van der Waals surface area (Å²) in [6.45, 7) is 0.206. The Morgan fingerprint density at radius 2 is 2.05 bits per heavy atom. The number of carbonyl (C=O) groups excluding carboxylic acids is 1. The van der Waals surface area contributed by atoms with Crippen molar-refractivity contribution < 1.29 is 14.3 Å². The molecular formula is C14H18ClFN2O2. The third-order valence-corrected chi connectivity index (χ3v) is 3.95. The molecular weight excluding hydrogens is 283 g/mol. The molecule has 0 heterocycles. The first-order chi connectivity index (χ1) is 9.58. The van der Waals surface area contributed by atoms with Gasteiger partial charge in [-0.1, -0.05) is 11.6 Å². The molecule has 3 N–H and O–H groups in total. The van der Waals surface area contributed by atoms with Crippen LogP contribution in [0.3, 0.4) is 0 Å². The average Bonchev–Trinajstić information content (AvgIpc) is 2.43. The highest BCUT2D eigenvalue weighted by molar-refractivity contribution is 6.33. The number of carbonyl (C=O) groups is 1. The molecule has 0 aromatic heterocycles. The fourth-order valence-electron chi connectivity index (χ4n) is 2.43. The molecule has 0 bridgehead atoms. The normalized spacial score (nSPS) is 22.4. The van der Waals surface area contributed by atoms with Crippen molar-refractivity contribution in [1.82, 2.24) is 5.32 Å².